The maximum atomic E-state index is 12.2. The number of nitrogens with one attached hydrogen (secondary N) is 2. The lowest BCUT2D eigenvalue weighted by atomic mass is 9.98. The zero-order valence-electron chi connectivity index (χ0n) is 16.0. The molecule has 0 aromatic heterocycles. The van der Waals surface area contributed by atoms with Gasteiger partial charge < -0.3 is 20.3 Å². The summed E-state index contributed by atoms with van der Waals surface area (Å²) in [5.74, 6) is 1.23. The summed E-state index contributed by atoms with van der Waals surface area (Å²) < 4.78 is 5.47. The van der Waals surface area contributed by atoms with E-state index in [-0.39, 0.29) is 30.1 Å². The molecule has 24 heavy (non-hydrogen) atoms. The Morgan fingerprint density at radius 2 is 2.04 bits per heavy atom. The van der Waals surface area contributed by atoms with E-state index in [0.29, 0.717) is 12.0 Å². The smallest absolute Gasteiger partial charge is 0.410 e. The minimum atomic E-state index is -0.443. The van der Waals surface area contributed by atoms with Gasteiger partial charge in [0.05, 0.1) is 0 Å². The largest absolute Gasteiger partial charge is 0.444 e. The lowest BCUT2D eigenvalue weighted by molar-refractivity contribution is 0.0170. The summed E-state index contributed by atoms with van der Waals surface area (Å²) >= 11 is 0. The molecule has 1 saturated heterocycles. The van der Waals surface area contributed by atoms with E-state index in [1.807, 2.05) is 25.7 Å². The van der Waals surface area contributed by atoms with Gasteiger partial charge in [-0.15, -0.1) is 24.0 Å². The number of hydrogen-bond donors (Lipinski definition) is 2. The van der Waals surface area contributed by atoms with Crippen molar-refractivity contribution in [2.75, 3.05) is 26.2 Å². The molecule has 0 radical (unpaired) electrons. The third-order valence-electron chi connectivity index (χ3n) is 3.45. The molecule has 1 heterocycles. The molecule has 7 heteroatoms. The van der Waals surface area contributed by atoms with Crippen LogP contribution in [0.15, 0.2) is 4.99 Å². The van der Waals surface area contributed by atoms with Gasteiger partial charge in [0.2, 0.25) is 0 Å². The summed E-state index contributed by atoms with van der Waals surface area (Å²) in [5.41, 5.74) is -0.443. The highest BCUT2D eigenvalue weighted by Crippen LogP contribution is 2.19. The summed E-state index contributed by atoms with van der Waals surface area (Å²) in [7, 11) is 0. The number of carbonyl (C=O) groups excluding carboxylic acids is 1. The van der Waals surface area contributed by atoms with Gasteiger partial charge >= 0.3 is 6.09 Å². The first kappa shape index (κ1) is 23.3. The van der Waals surface area contributed by atoms with Crippen LogP contribution in [0.5, 0.6) is 0 Å². The van der Waals surface area contributed by atoms with Gasteiger partial charge in [0, 0.05) is 32.2 Å². The van der Waals surface area contributed by atoms with Gasteiger partial charge in [-0.25, -0.2) is 4.79 Å². The monoisotopic (exact) mass is 454 g/mol. The fourth-order valence-corrected chi connectivity index (χ4v) is 2.52. The maximum Gasteiger partial charge on any atom is 0.410 e. The van der Waals surface area contributed by atoms with E-state index >= 15 is 0 Å². The second kappa shape index (κ2) is 11.0. The fraction of sp³-hybridized carbons (Fsp3) is 0.882. The second-order valence-corrected chi connectivity index (χ2v) is 7.45. The van der Waals surface area contributed by atoms with Crippen LogP contribution in [-0.2, 0) is 4.74 Å². The zero-order valence-corrected chi connectivity index (χ0v) is 18.3. The van der Waals surface area contributed by atoms with Gasteiger partial charge in [-0.2, -0.15) is 0 Å². The number of amides is 1. The van der Waals surface area contributed by atoms with E-state index in [1.54, 1.807) is 0 Å². The predicted molar refractivity (Wildman–Crippen MR) is 110 cm³/mol. The number of halogens is 1. The van der Waals surface area contributed by atoms with Crippen molar-refractivity contribution in [2.45, 2.75) is 66.0 Å². The Kier molecular flexibility index (Phi) is 10.7. The van der Waals surface area contributed by atoms with E-state index < -0.39 is 5.60 Å². The van der Waals surface area contributed by atoms with Gasteiger partial charge in [-0.1, -0.05) is 0 Å². The predicted octanol–water partition coefficient (Wildman–Crippen LogP) is 3.22. The molecule has 0 spiro atoms. The van der Waals surface area contributed by atoms with Crippen molar-refractivity contribution in [3.05, 3.63) is 0 Å². The molecule has 1 unspecified atom stereocenters. The van der Waals surface area contributed by atoms with Crippen LogP contribution in [0.4, 0.5) is 4.79 Å². The first-order chi connectivity index (χ1) is 10.7. The Labute approximate surface area is 164 Å². The number of likely N-dealkylation sites (tertiary alicyclic amines) is 1. The first-order valence-electron chi connectivity index (χ1n) is 8.74. The molecule has 2 N–H and O–H groups in total. The highest BCUT2D eigenvalue weighted by molar-refractivity contribution is 14.0. The van der Waals surface area contributed by atoms with E-state index in [9.17, 15) is 4.79 Å². The molecule has 0 aromatic rings. The first-order valence-corrected chi connectivity index (χ1v) is 8.74. The minimum absolute atomic E-state index is 0. The molecule has 1 aliphatic heterocycles. The normalized spacial score (nSPS) is 18.9. The molecule has 0 bridgehead atoms. The molecule has 6 nitrogen and oxygen atoms in total. The number of piperidine rings is 1. The molecule has 0 aromatic carbocycles. The lowest BCUT2D eigenvalue weighted by Crippen LogP contribution is -2.44. The van der Waals surface area contributed by atoms with E-state index in [0.717, 1.165) is 45.0 Å². The van der Waals surface area contributed by atoms with Crippen LogP contribution in [0, 0.1) is 5.92 Å². The number of rotatable bonds is 4. The molecular weight excluding hydrogens is 419 g/mol. The summed E-state index contributed by atoms with van der Waals surface area (Å²) in [5, 5.41) is 6.57. The van der Waals surface area contributed by atoms with Gasteiger partial charge in [0.15, 0.2) is 5.96 Å². The van der Waals surface area contributed by atoms with E-state index in [4.69, 9.17) is 4.74 Å². The van der Waals surface area contributed by atoms with Crippen molar-refractivity contribution in [3.63, 3.8) is 0 Å². The molecule has 1 amide bonds. The van der Waals surface area contributed by atoms with Crippen LogP contribution in [0.1, 0.15) is 54.4 Å². The third kappa shape index (κ3) is 9.54. The summed E-state index contributed by atoms with van der Waals surface area (Å²) in [6.07, 6.45) is 1.90. The summed E-state index contributed by atoms with van der Waals surface area (Å²) in [4.78, 5) is 18.7. The van der Waals surface area contributed by atoms with Gasteiger partial charge in [0.1, 0.15) is 5.60 Å². The number of nitrogens with zero attached hydrogens (tertiary/aromatic N) is 2. The average molecular weight is 454 g/mol. The molecule has 1 atom stereocenters. The topological polar surface area (TPSA) is 66.0 Å². The van der Waals surface area contributed by atoms with Crippen LogP contribution in [-0.4, -0.2) is 54.8 Å². The number of guanidine groups is 1. The number of aliphatic imine (C=N–C) groups is 1. The highest BCUT2D eigenvalue weighted by Gasteiger charge is 2.27. The van der Waals surface area contributed by atoms with Crippen molar-refractivity contribution in [1.29, 1.82) is 0 Å². The molecule has 0 aliphatic carbocycles. The molecule has 1 rings (SSSR count). The Hall–Kier alpha value is -0.730. The number of ether oxygens (including phenoxy) is 1. The van der Waals surface area contributed by atoms with Crippen molar-refractivity contribution in [1.82, 2.24) is 15.5 Å². The second-order valence-electron chi connectivity index (χ2n) is 7.45. The maximum absolute atomic E-state index is 12.2. The van der Waals surface area contributed by atoms with Gasteiger partial charge in [-0.3, -0.25) is 4.99 Å². The van der Waals surface area contributed by atoms with Gasteiger partial charge in [0.25, 0.3) is 0 Å². The molecule has 142 valence electrons. The van der Waals surface area contributed by atoms with Crippen LogP contribution in [0.2, 0.25) is 0 Å². The lowest BCUT2D eigenvalue weighted by Gasteiger charge is -2.33. The quantitative estimate of drug-likeness (QED) is 0.389. The van der Waals surface area contributed by atoms with Crippen LogP contribution in [0.25, 0.3) is 0 Å². The Balaban J connectivity index is 0.00000529. The summed E-state index contributed by atoms with van der Waals surface area (Å²) in [6.45, 7) is 15.0. The zero-order chi connectivity index (χ0) is 17.5. The number of carbonyl (C=O) groups is 1. The van der Waals surface area contributed by atoms with Crippen LogP contribution < -0.4 is 10.6 Å². The molecule has 1 fully saturated rings. The molecule has 0 saturated carbocycles. The van der Waals surface area contributed by atoms with Crippen molar-refractivity contribution >= 4 is 36.0 Å². The minimum Gasteiger partial charge on any atom is -0.444 e. The summed E-state index contributed by atoms with van der Waals surface area (Å²) in [6, 6.07) is 0.345. The Morgan fingerprint density at radius 1 is 1.38 bits per heavy atom. The Morgan fingerprint density at radius 3 is 2.58 bits per heavy atom. The third-order valence-corrected chi connectivity index (χ3v) is 3.45. The van der Waals surface area contributed by atoms with E-state index in [1.165, 1.54) is 0 Å². The van der Waals surface area contributed by atoms with Crippen molar-refractivity contribution < 1.29 is 9.53 Å². The van der Waals surface area contributed by atoms with Crippen molar-refractivity contribution in [2.24, 2.45) is 10.9 Å². The van der Waals surface area contributed by atoms with E-state index in [2.05, 4.69) is 36.4 Å². The fourth-order valence-electron chi connectivity index (χ4n) is 2.52. The number of hydrogen-bond acceptors (Lipinski definition) is 3. The highest BCUT2D eigenvalue weighted by atomic mass is 127. The standard InChI is InChI=1S/C17H34N4O2.HI/c1-7-18-15(20-13(2)3)19-11-14-9-8-10-21(12-14)16(22)23-17(4,5)6;/h13-14H,7-12H2,1-6H3,(H2,18,19,20);1H. The van der Waals surface area contributed by atoms with Crippen molar-refractivity contribution in [3.8, 4) is 0 Å². The van der Waals surface area contributed by atoms with Crippen LogP contribution >= 0.6 is 24.0 Å². The SMILES string of the molecule is CCNC(=NCC1CCCN(C(=O)OC(C)(C)C)C1)NC(C)C.I. The van der Waals surface area contributed by atoms with Crippen LogP contribution in [0.3, 0.4) is 0 Å². The van der Waals surface area contributed by atoms with Gasteiger partial charge in [-0.05, 0) is 60.3 Å². The molecular formula is C17H35IN4O2. The Bertz CT molecular complexity index is 408. The average Bonchev–Trinajstić information content (AvgIpc) is 2.43. The molecule has 1 aliphatic rings.